The van der Waals surface area contributed by atoms with E-state index in [2.05, 4.69) is 0 Å². The highest BCUT2D eigenvalue weighted by Gasteiger charge is 2.43. The van der Waals surface area contributed by atoms with E-state index in [1.807, 2.05) is 42.5 Å². The Morgan fingerprint density at radius 2 is 1.92 bits per heavy atom. The van der Waals surface area contributed by atoms with Crippen molar-refractivity contribution in [2.75, 3.05) is 13.1 Å². The summed E-state index contributed by atoms with van der Waals surface area (Å²) in [4.78, 5) is 25.5. The van der Waals surface area contributed by atoms with Crippen LogP contribution in [0.2, 0.25) is 0 Å². The Bertz CT molecular complexity index is 783. The van der Waals surface area contributed by atoms with Crippen LogP contribution in [0.5, 0.6) is 5.75 Å². The van der Waals surface area contributed by atoms with Crippen LogP contribution in [0.4, 0.5) is 0 Å². The van der Waals surface area contributed by atoms with Gasteiger partial charge in [-0.25, -0.2) is 0 Å². The number of carboxylic acids is 1. The highest BCUT2D eigenvalue weighted by Crippen LogP contribution is 2.31. The van der Waals surface area contributed by atoms with Gasteiger partial charge in [0, 0.05) is 18.5 Å². The largest absolute Gasteiger partial charge is 0.481 e. The molecule has 0 aromatic heterocycles. The van der Waals surface area contributed by atoms with Gasteiger partial charge in [0.1, 0.15) is 5.75 Å². The average Bonchev–Trinajstić information content (AvgIpc) is 2.98. The molecule has 24 heavy (non-hydrogen) atoms. The maximum absolute atomic E-state index is 12.6. The number of hydrogen-bond acceptors (Lipinski definition) is 3. The molecule has 1 fully saturated rings. The number of fused-ring (bicyclic) bond motifs is 1. The van der Waals surface area contributed by atoms with Crippen LogP contribution >= 0.6 is 0 Å². The number of carbonyl (C=O) groups excluding carboxylic acids is 1. The van der Waals surface area contributed by atoms with Gasteiger partial charge in [0.2, 0.25) is 0 Å². The van der Waals surface area contributed by atoms with Gasteiger partial charge >= 0.3 is 5.97 Å². The van der Waals surface area contributed by atoms with Gasteiger partial charge in [0.15, 0.2) is 6.10 Å². The van der Waals surface area contributed by atoms with Crippen molar-refractivity contribution in [2.24, 2.45) is 5.41 Å². The zero-order chi connectivity index (χ0) is 17.3. The molecule has 2 aromatic rings. The molecule has 1 N–H and O–H groups in total. The van der Waals surface area contributed by atoms with Crippen LogP contribution in [0, 0.1) is 5.41 Å². The summed E-state index contributed by atoms with van der Waals surface area (Å²) < 4.78 is 5.89. The van der Waals surface area contributed by atoms with E-state index in [1.54, 1.807) is 18.7 Å². The Morgan fingerprint density at radius 3 is 2.62 bits per heavy atom. The first-order valence-corrected chi connectivity index (χ1v) is 8.07. The second-order valence-electron chi connectivity index (χ2n) is 6.61. The average molecular weight is 327 g/mol. The minimum atomic E-state index is -0.866. The zero-order valence-corrected chi connectivity index (χ0v) is 13.9. The van der Waals surface area contributed by atoms with E-state index in [4.69, 9.17) is 4.74 Å². The van der Waals surface area contributed by atoms with E-state index in [0.717, 1.165) is 10.8 Å². The zero-order valence-electron chi connectivity index (χ0n) is 13.9. The number of rotatable bonds is 4. The van der Waals surface area contributed by atoms with E-state index >= 15 is 0 Å². The van der Waals surface area contributed by atoms with E-state index in [0.29, 0.717) is 18.7 Å². The van der Waals surface area contributed by atoms with Gasteiger partial charge in [0.05, 0.1) is 5.41 Å². The van der Waals surface area contributed by atoms with Crippen LogP contribution in [0.3, 0.4) is 0 Å². The summed E-state index contributed by atoms with van der Waals surface area (Å²) in [6, 6.07) is 13.6. The lowest BCUT2D eigenvalue weighted by molar-refractivity contribution is -0.147. The predicted molar refractivity (Wildman–Crippen MR) is 91.0 cm³/mol. The summed E-state index contributed by atoms with van der Waals surface area (Å²) >= 11 is 0. The van der Waals surface area contributed by atoms with E-state index in [1.165, 1.54) is 0 Å². The van der Waals surface area contributed by atoms with Crippen molar-refractivity contribution in [1.29, 1.82) is 0 Å². The number of amides is 1. The van der Waals surface area contributed by atoms with Crippen LogP contribution < -0.4 is 4.74 Å². The molecule has 3 rings (SSSR count). The molecule has 1 aliphatic heterocycles. The Kier molecular flexibility index (Phi) is 4.18. The molecular weight excluding hydrogens is 306 g/mol. The summed E-state index contributed by atoms with van der Waals surface area (Å²) in [7, 11) is 0. The lowest BCUT2D eigenvalue weighted by atomic mass is 9.90. The standard InChI is InChI=1S/C19H21NO4/c1-13(17(21)20-11-10-19(2,12-20)18(22)23)24-16-9-5-7-14-6-3-4-8-15(14)16/h3-9,13H,10-12H2,1-2H3,(H,22,23). The second-order valence-corrected chi connectivity index (χ2v) is 6.61. The molecular formula is C19H21NO4. The third-order valence-electron chi connectivity index (χ3n) is 4.70. The number of nitrogens with zero attached hydrogens (tertiary/aromatic N) is 1. The summed E-state index contributed by atoms with van der Waals surface area (Å²) in [6.45, 7) is 4.06. The molecule has 1 amide bonds. The Morgan fingerprint density at radius 1 is 1.21 bits per heavy atom. The molecule has 1 aliphatic rings. The molecule has 0 aliphatic carbocycles. The normalized spacial score (nSPS) is 21.7. The molecule has 0 spiro atoms. The highest BCUT2D eigenvalue weighted by molar-refractivity contribution is 5.89. The quantitative estimate of drug-likeness (QED) is 0.937. The highest BCUT2D eigenvalue weighted by atomic mass is 16.5. The van der Waals surface area contributed by atoms with Crippen LogP contribution in [0.25, 0.3) is 10.8 Å². The fourth-order valence-corrected chi connectivity index (χ4v) is 3.12. The van der Waals surface area contributed by atoms with Crippen molar-refractivity contribution in [3.63, 3.8) is 0 Å². The molecule has 5 heteroatoms. The molecule has 5 nitrogen and oxygen atoms in total. The topological polar surface area (TPSA) is 66.8 Å². The summed E-state index contributed by atoms with van der Waals surface area (Å²) in [5.74, 6) is -0.373. The summed E-state index contributed by atoms with van der Waals surface area (Å²) in [6.07, 6.45) is -0.193. The molecule has 2 atom stereocenters. The van der Waals surface area contributed by atoms with Crippen LogP contribution in [-0.2, 0) is 9.59 Å². The number of hydrogen-bond donors (Lipinski definition) is 1. The van der Waals surface area contributed by atoms with Crippen LogP contribution in [-0.4, -0.2) is 41.1 Å². The first kappa shape index (κ1) is 16.3. The lowest BCUT2D eigenvalue weighted by Gasteiger charge is -2.24. The van der Waals surface area contributed by atoms with Gasteiger partial charge < -0.3 is 14.7 Å². The van der Waals surface area contributed by atoms with Crippen molar-refractivity contribution in [3.05, 3.63) is 42.5 Å². The third kappa shape index (κ3) is 2.94. The Hall–Kier alpha value is -2.56. The minimum Gasteiger partial charge on any atom is -0.481 e. The van der Waals surface area contributed by atoms with Crippen LogP contribution in [0.15, 0.2) is 42.5 Å². The SMILES string of the molecule is CC(Oc1cccc2ccccc12)C(=O)N1CCC(C)(C(=O)O)C1. The molecule has 0 saturated carbocycles. The smallest absolute Gasteiger partial charge is 0.311 e. The van der Waals surface area contributed by atoms with Crippen LogP contribution in [0.1, 0.15) is 20.3 Å². The van der Waals surface area contributed by atoms with Gasteiger partial charge in [-0.1, -0.05) is 36.4 Å². The molecule has 0 radical (unpaired) electrons. The number of ether oxygens (including phenoxy) is 1. The van der Waals surface area contributed by atoms with Gasteiger partial charge in [0.25, 0.3) is 5.91 Å². The van der Waals surface area contributed by atoms with Gasteiger partial charge in [-0.2, -0.15) is 0 Å². The molecule has 2 aromatic carbocycles. The predicted octanol–water partition coefficient (Wildman–Crippen LogP) is 2.93. The summed E-state index contributed by atoms with van der Waals surface area (Å²) in [5.41, 5.74) is -0.866. The lowest BCUT2D eigenvalue weighted by Crippen LogP contribution is -2.41. The molecule has 1 saturated heterocycles. The van der Waals surface area contributed by atoms with Crippen molar-refractivity contribution < 1.29 is 19.4 Å². The van der Waals surface area contributed by atoms with Gasteiger partial charge in [-0.3, -0.25) is 9.59 Å². The van der Waals surface area contributed by atoms with E-state index < -0.39 is 17.5 Å². The summed E-state index contributed by atoms with van der Waals surface area (Å²) in [5, 5.41) is 11.3. The first-order chi connectivity index (χ1) is 11.4. The maximum atomic E-state index is 12.6. The Balaban J connectivity index is 1.74. The molecule has 126 valence electrons. The number of benzene rings is 2. The minimum absolute atomic E-state index is 0.173. The maximum Gasteiger partial charge on any atom is 0.311 e. The third-order valence-corrected chi connectivity index (χ3v) is 4.70. The number of carboxylic acid groups (broad SMARTS) is 1. The fraction of sp³-hybridized carbons (Fsp3) is 0.368. The number of likely N-dealkylation sites (tertiary alicyclic amines) is 1. The molecule has 2 unspecified atom stereocenters. The van der Waals surface area contributed by atoms with Crippen molar-refractivity contribution in [2.45, 2.75) is 26.4 Å². The number of aliphatic carboxylic acids is 1. The van der Waals surface area contributed by atoms with Crippen molar-refractivity contribution in [3.8, 4) is 5.75 Å². The second kappa shape index (κ2) is 6.15. The van der Waals surface area contributed by atoms with Crippen molar-refractivity contribution in [1.82, 2.24) is 4.90 Å². The van der Waals surface area contributed by atoms with E-state index in [-0.39, 0.29) is 12.5 Å². The first-order valence-electron chi connectivity index (χ1n) is 8.07. The molecule has 0 bridgehead atoms. The molecule has 1 heterocycles. The fourth-order valence-electron chi connectivity index (χ4n) is 3.12. The van der Waals surface area contributed by atoms with Gasteiger partial charge in [-0.15, -0.1) is 0 Å². The number of carbonyl (C=O) groups is 2. The van der Waals surface area contributed by atoms with Crippen molar-refractivity contribution >= 4 is 22.6 Å². The van der Waals surface area contributed by atoms with Gasteiger partial charge in [-0.05, 0) is 31.7 Å². The Labute approximate surface area is 140 Å². The van der Waals surface area contributed by atoms with E-state index in [9.17, 15) is 14.7 Å². The monoisotopic (exact) mass is 327 g/mol.